The summed E-state index contributed by atoms with van der Waals surface area (Å²) in [4.78, 5) is 4.02. The highest BCUT2D eigenvalue weighted by Gasteiger charge is 2.13. The zero-order chi connectivity index (χ0) is 14.7. The summed E-state index contributed by atoms with van der Waals surface area (Å²) < 4.78 is 20.8. The molecule has 1 aromatic heterocycles. The lowest BCUT2D eigenvalue weighted by atomic mass is 10.2. The maximum absolute atomic E-state index is 13.8. The highest BCUT2D eigenvalue weighted by molar-refractivity contribution is 6.17. The van der Waals surface area contributed by atoms with Gasteiger partial charge in [0.1, 0.15) is 6.33 Å². The quantitative estimate of drug-likeness (QED) is 0.685. The second-order valence-corrected chi connectivity index (χ2v) is 4.54. The summed E-state index contributed by atoms with van der Waals surface area (Å²) in [5.74, 6) is -0.297. The van der Waals surface area contributed by atoms with Gasteiger partial charge in [-0.3, -0.25) is 0 Å². The molecule has 3 aromatic rings. The number of rotatable bonds is 4. The lowest BCUT2D eigenvalue weighted by Crippen LogP contribution is -1.97. The highest BCUT2D eigenvalue weighted by atomic mass is 35.5. The summed E-state index contributed by atoms with van der Waals surface area (Å²) in [6.45, 7) is 0. The van der Waals surface area contributed by atoms with Crippen LogP contribution in [0.4, 0.5) is 4.39 Å². The Balaban J connectivity index is 1.89. The van der Waals surface area contributed by atoms with E-state index in [9.17, 15) is 4.39 Å². The van der Waals surface area contributed by atoms with Gasteiger partial charge >= 0.3 is 6.01 Å². The number of benzene rings is 2. The number of halogens is 2. The Bertz CT molecular complexity index is 746. The molecule has 0 amide bonds. The maximum Gasteiger partial charge on any atom is 0.341 e. The van der Waals surface area contributed by atoms with Gasteiger partial charge in [0.15, 0.2) is 11.6 Å². The molecule has 106 valence electrons. The number of hydrogen-bond donors (Lipinski definition) is 0. The van der Waals surface area contributed by atoms with Crippen molar-refractivity contribution >= 4 is 11.6 Å². The molecule has 0 saturated heterocycles. The fourth-order valence-electron chi connectivity index (χ4n) is 1.86. The Hall–Kier alpha value is -2.40. The van der Waals surface area contributed by atoms with Crippen molar-refractivity contribution < 1.29 is 9.13 Å². The van der Waals surface area contributed by atoms with Crippen molar-refractivity contribution in [1.82, 2.24) is 14.8 Å². The van der Waals surface area contributed by atoms with Crippen molar-refractivity contribution in [1.29, 1.82) is 0 Å². The Kier molecular flexibility index (Phi) is 3.83. The van der Waals surface area contributed by atoms with Crippen LogP contribution in [0.2, 0.25) is 0 Å². The van der Waals surface area contributed by atoms with Gasteiger partial charge in [0.25, 0.3) is 0 Å². The van der Waals surface area contributed by atoms with Gasteiger partial charge in [-0.25, -0.2) is 9.07 Å². The lowest BCUT2D eigenvalue weighted by molar-refractivity contribution is 0.407. The van der Waals surface area contributed by atoms with Crippen molar-refractivity contribution in [2.45, 2.75) is 5.88 Å². The molecule has 3 rings (SSSR count). The molecule has 0 spiro atoms. The Labute approximate surface area is 125 Å². The molecule has 0 aliphatic rings. The van der Waals surface area contributed by atoms with Crippen LogP contribution in [0.15, 0.2) is 54.9 Å². The third kappa shape index (κ3) is 2.87. The molecule has 0 radical (unpaired) electrons. The van der Waals surface area contributed by atoms with E-state index in [-0.39, 0.29) is 17.6 Å². The van der Waals surface area contributed by atoms with E-state index in [1.807, 2.05) is 30.3 Å². The molecule has 6 heteroatoms. The SMILES string of the molecule is Fc1cccc(CCl)c1Oc1ncn(-c2ccccc2)n1. The van der Waals surface area contributed by atoms with Crippen molar-refractivity contribution in [3.05, 3.63) is 66.2 Å². The second-order valence-electron chi connectivity index (χ2n) is 4.27. The number of aromatic nitrogens is 3. The number of hydrogen-bond acceptors (Lipinski definition) is 3. The first-order valence-electron chi connectivity index (χ1n) is 6.26. The Morgan fingerprint density at radius 3 is 2.67 bits per heavy atom. The summed E-state index contributed by atoms with van der Waals surface area (Å²) in [5.41, 5.74) is 1.39. The van der Waals surface area contributed by atoms with Crippen molar-refractivity contribution in [3.8, 4) is 17.4 Å². The average molecular weight is 304 g/mol. The summed E-state index contributed by atoms with van der Waals surface area (Å²) in [5, 5.41) is 4.17. The van der Waals surface area contributed by atoms with Crippen molar-refractivity contribution in [2.24, 2.45) is 0 Å². The number of ether oxygens (including phenoxy) is 1. The molecular weight excluding hydrogens is 293 g/mol. The van der Waals surface area contributed by atoms with Gasteiger partial charge in [-0.2, -0.15) is 4.98 Å². The van der Waals surface area contributed by atoms with Crippen molar-refractivity contribution in [3.63, 3.8) is 0 Å². The molecule has 1 heterocycles. The van der Waals surface area contributed by atoms with Crippen LogP contribution < -0.4 is 4.74 Å². The first kappa shape index (κ1) is 13.6. The van der Waals surface area contributed by atoms with E-state index in [1.165, 1.54) is 12.4 Å². The number of nitrogens with zero attached hydrogens (tertiary/aromatic N) is 3. The molecule has 0 fully saturated rings. The molecular formula is C15H11ClFN3O. The van der Waals surface area contributed by atoms with Gasteiger partial charge in [-0.15, -0.1) is 16.7 Å². The van der Waals surface area contributed by atoms with Gasteiger partial charge in [0.2, 0.25) is 0 Å². The highest BCUT2D eigenvalue weighted by Crippen LogP contribution is 2.27. The average Bonchev–Trinajstić information content (AvgIpc) is 2.99. The van der Waals surface area contributed by atoms with Gasteiger partial charge in [-0.1, -0.05) is 30.3 Å². The first-order valence-corrected chi connectivity index (χ1v) is 6.79. The Morgan fingerprint density at radius 1 is 1.10 bits per heavy atom. The van der Waals surface area contributed by atoms with E-state index >= 15 is 0 Å². The van der Waals surface area contributed by atoms with E-state index < -0.39 is 5.82 Å². The fraction of sp³-hybridized carbons (Fsp3) is 0.0667. The van der Waals surface area contributed by atoms with Gasteiger partial charge < -0.3 is 4.74 Å². The normalized spacial score (nSPS) is 10.6. The monoisotopic (exact) mass is 303 g/mol. The lowest BCUT2D eigenvalue weighted by Gasteiger charge is -2.07. The van der Waals surface area contributed by atoms with Crippen LogP contribution in [0, 0.1) is 5.82 Å². The summed E-state index contributed by atoms with van der Waals surface area (Å²) in [6.07, 6.45) is 1.51. The van der Waals surface area contributed by atoms with Crippen LogP contribution in [0.25, 0.3) is 5.69 Å². The third-order valence-corrected chi connectivity index (χ3v) is 3.17. The molecule has 4 nitrogen and oxygen atoms in total. The molecule has 21 heavy (non-hydrogen) atoms. The first-order chi connectivity index (χ1) is 10.3. The molecule has 0 atom stereocenters. The summed E-state index contributed by atoms with van der Waals surface area (Å²) in [7, 11) is 0. The zero-order valence-corrected chi connectivity index (χ0v) is 11.7. The van der Waals surface area contributed by atoms with Crippen LogP contribution in [0.5, 0.6) is 11.8 Å². The molecule has 0 bridgehead atoms. The minimum absolute atomic E-state index is 0.0540. The van der Waals surface area contributed by atoms with Crippen molar-refractivity contribution in [2.75, 3.05) is 0 Å². The predicted molar refractivity (Wildman–Crippen MR) is 77.4 cm³/mol. The number of para-hydroxylation sites is 2. The maximum atomic E-state index is 13.8. The van der Waals surface area contributed by atoms with Crippen LogP contribution in [0.1, 0.15) is 5.56 Å². The van der Waals surface area contributed by atoms with Crippen LogP contribution >= 0.6 is 11.6 Å². The Morgan fingerprint density at radius 2 is 1.90 bits per heavy atom. The third-order valence-electron chi connectivity index (χ3n) is 2.88. The smallest absolute Gasteiger partial charge is 0.341 e. The van der Waals surface area contributed by atoms with Gasteiger partial charge in [0.05, 0.1) is 11.6 Å². The van der Waals surface area contributed by atoms with E-state index in [1.54, 1.807) is 16.8 Å². The van der Waals surface area contributed by atoms with Gasteiger partial charge in [-0.05, 0) is 18.2 Å². The zero-order valence-electron chi connectivity index (χ0n) is 10.9. The van der Waals surface area contributed by atoms with Crippen LogP contribution in [0.3, 0.4) is 0 Å². The van der Waals surface area contributed by atoms with Gasteiger partial charge in [0, 0.05) is 5.56 Å². The molecule has 2 aromatic carbocycles. The minimum Gasteiger partial charge on any atom is -0.420 e. The second kappa shape index (κ2) is 5.93. The van der Waals surface area contributed by atoms with Crippen LogP contribution in [-0.2, 0) is 5.88 Å². The van der Waals surface area contributed by atoms with E-state index in [2.05, 4.69) is 10.1 Å². The minimum atomic E-state index is -0.496. The predicted octanol–water partition coefficient (Wildman–Crippen LogP) is 3.94. The molecule has 0 saturated carbocycles. The summed E-state index contributed by atoms with van der Waals surface area (Å²) in [6, 6.07) is 14.1. The largest absolute Gasteiger partial charge is 0.420 e. The molecule has 0 N–H and O–H groups in total. The van der Waals surface area contributed by atoms with E-state index in [0.29, 0.717) is 5.56 Å². The van der Waals surface area contributed by atoms with E-state index in [0.717, 1.165) is 5.69 Å². The molecule has 0 aliphatic carbocycles. The molecule has 0 unspecified atom stereocenters. The standard InChI is InChI=1S/C15H11ClFN3O/c16-9-11-5-4-8-13(17)14(11)21-15-18-10-20(19-15)12-6-2-1-3-7-12/h1-8,10H,9H2. The van der Waals surface area contributed by atoms with Crippen LogP contribution in [-0.4, -0.2) is 14.8 Å². The topological polar surface area (TPSA) is 39.9 Å². The molecule has 0 aliphatic heterocycles. The number of alkyl halides is 1. The van der Waals surface area contributed by atoms with E-state index in [4.69, 9.17) is 16.3 Å². The fourth-order valence-corrected chi connectivity index (χ4v) is 2.07. The summed E-state index contributed by atoms with van der Waals surface area (Å²) >= 11 is 5.78.